The number of fused-ring (bicyclic) bond motifs is 2. The van der Waals surface area contributed by atoms with Gasteiger partial charge in [0, 0.05) is 17.9 Å². The maximum atomic E-state index is 13.2. The van der Waals surface area contributed by atoms with Gasteiger partial charge in [0.2, 0.25) is 5.95 Å². The zero-order valence-corrected chi connectivity index (χ0v) is 26.1. The van der Waals surface area contributed by atoms with Crippen molar-refractivity contribution in [2.45, 2.75) is 49.5 Å². The number of imidazole rings is 1. The van der Waals surface area contributed by atoms with Gasteiger partial charge in [0.05, 0.1) is 30.5 Å². The van der Waals surface area contributed by atoms with Crippen LogP contribution in [0.1, 0.15) is 25.1 Å². The van der Waals surface area contributed by atoms with Gasteiger partial charge >= 0.3 is 15.0 Å². The highest BCUT2D eigenvalue weighted by molar-refractivity contribution is 8.06. The van der Waals surface area contributed by atoms with Crippen molar-refractivity contribution in [1.82, 2.24) is 34.1 Å². The molecule has 2 fully saturated rings. The molecule has 1 aliphatic carbocycles. The maximum Gasteiger partial charge on any atom is 0.697 e. The molecule has 0 aromatic carbocycles. The average Bonchev–Trinajstić information content (AvgIpc) is 3.75. The molecule has 4 aromatic rings. The van der Waals surface area contributed by atoms with Crippen LogP contribution >= 0.6 is 15.0 Å². The highest BCUT2D eigenvalue weighted by Gasteiger charge is 2.53. The van der Waals surface area contributed by atoms with E-state index in [1.807, 2.05) is 4.57 Å². The maximum absolute atomic E-state index is 13.2. The topological polar surface area (TPSA) is 270 Å². The van der Waals surface area contributed by atoms with E-state index in [0.29, 0.717) is 29.7 Å². The molecule has 1 saturated heterocycles. The number of aromatic nitrogens is 7. The molecule has 45 heavy (non-hydrogen) atoms. The second kappa shape index (κ2) is 12.7. The Hall–Kier alpha value is -3.00. The van der Waals surface area contributed by atoms with E-state index in [4.69, 9.17) is 34.5 Å². The first-order chi connectivity index (χ1) is 21.4. The zero-order chi connectivity index (χ0) is 32.0. The average molecular weight is 687 g/mol. The van der Waals surface area contributed by atoms with Gasteiger partial charge in [-0.15, -0.1) is 9.05 Å². The minimum atomic E-state index is -4.06. The van der Waals surface area contributed by atoms with E-state index in [9.17, 15) is 24.3 Å². The summed E-state index contributed by atoms with van der Waals surface area (Å²) in [5.41, 5.74) is 11.7. The van der Waals surface area contributed by atoms with Crippen LogP contribution in [0.25, 0.3) is 22.2 Å². The van der Waals surface area contributed by atoms with Crippen LogP contribution in [0.2, 0.25) is 0 Å². The van der Waals surface area contributed by atoms with Gasteiger partial charge in [-0.3, -0.25) is 14.3 Å². The van der Waals surface area contributed by atoms with Gasteiger partial charge in [-0.05, 0) is 36.6 Å². The summed E-state index contributed by atoms with van der Waals surface area (Å²) in [5, 5.41) is 11.5. The van der Waals surface area contributed by atoms with Gasteiger partial charge in [-0.1, -0.05) is 0 Å². The standard InChI is InChI=1S/C23H29N9O10P2S/c1-38-16-14(7-40-44(36,37)45)41-22(32-9-28-15-20(32)29-23(25)30-21(15)34)17(16)42-43(35)39-6-10-4-12(13(33)5-10)31-3-2-11-18(24)26-8-27-19(11)31/h2-3,8-10,12-14,16-17,22,33H,4-7H2,1H3,(H6-,24,25,26,27,29,30,34,36,37,45)/p+1/t10-,12+,13+,14+,16+,17+,22+/m0/s1. The molecule has 8 atom stereocenters. The number of ether oxygens (including phenoxy) is 2. The zero-order valence-electron chi connectivity index (χ0n) is 23.5. The highest BCUT2D eigenvalue weighted by Crippen LogP contribution is 2.44. The lowest BCUT2D eigenvalue weighted by Crippen LogP contribution is -2.36. The molecule has 1 aliphatic heterocycles. The Morgan fingerprint density at radius 3 is 2.73 bits per heavy atom. The molecule has 2 aliphatic rings. The largest absolute Gasteiger partial charge is 0.697 e. The third kappa shape index (κ3) is 6.49. The lowest BCUT2D eigenvalue weighted by atomic mass is 10.1. The summed E-state index contributed by atoms with van der Waals surface area (Å²) in [6.07, 6.45) is 0.314. The number of methoxy groups -OCH3 is 1. The van der Waals surface area contributed by atoms with E-state index in [2.05, 4.69) is 36.7 Å². The minimum Gasteiger partial charge on any atom is -0.391 e. The number of aromatic amines is 1. The fraction of sp³-hybridized carbons (Fsp3) is 0.522. The van der Waals surface area contributed by atoms with Crippen molar-refractivity contribution in [3.63, 3.8) is 0 Å². The molecule has 0 radical (unpaired) electrons. The molecule has 1 unspecified atom stereocenters. The number of aliphatic hydroxyl groups excluding tert-OH is 1. The predicted molar refractivity (Wildman–Crippen MR) is 160 cm³/mol. The summed E-state index contributed by atoms with van der Waals surface area (Å²) < 4.78 is 44.5. The van der Waals surface area contributed by atoms with Gasteiger partial charge in [0.15, 0.2) is 23.5 Å². The van der Waals surface area contributed by atoms with Crippen LogP contribution in [0.15, 0.2) is 29.7 Å². The molecule has 22 heteroatoms. The number of H-pyrrole nitrogens is 1. The predicted octanol–water partition coefficient (Wildman–Crippen LogP) is 0.238. The number of aliphatic hydroxyl groups is 1. The fourth-order valence-corrected chi connectivity index (χ4v) is 7.19. The third-order valence-electron chi connectivity index (χ3n) is 7.80. The van der Waals surface area contributed by atoms with Crippen LogP contribution in [-0.4, -0.2) is 93.7 Å². The summed E-state index contributed by atoms with van der Waals surface area (Å²) in [6.45, 7) is -4.47. The van der Waals surface area contributed by atoms with E-state index in [-0.39, 0.29) is 35.7 Å². The SMILES string of the molecule is CO[C@H]1[C@@H](O[P+](=O)OC[C@@H]2C[C@@H](O)[C@H](n3ccc4c(N)ncnc43)C2)[C@H](n2cnc3c(=O)[nH]c(N)nc32)O[C@@H]1COP(O)(O)=S. The number of rotatable bonds is 11. The lowest BCUT2D eigenvalue weighted by molar-refractivity contribution is -0.0499. The Morgan fingerprint density at radius 1 is 1.18 bits per heavy atom. The van der Waals surface area contributed by atoms with E-state index in [0.717, 1.165) is 0 Å². The molecule has 8 N–H and O–H groups in total. The van der Waals surface area contributed by atoms with Crippen LogP contribution in [0.3, 0.4) is 0 Å². The molecule has 4 aromatic heterocycles. The van der Waals surface area contributed by atoms with Gasteiger partial charge in [0.25, 0.3) is 5.56 Å². The van der Waals surface area contributed by atoms with Crippen LogP contribution in [0, 0.1) is 5.92 Å². The van der Waals surface area contributed by atoms with E-state index < -0.39 is 57.8 Å². The van der Waals surface area contributed by atoms with Crippen molar-refractivity contribution in [2.75, 3.05) is 31.8 Å². The van der Waals surface area contributed by atoms with Crippen molar-refractivity contribution in [1.29, 1.82) is 0 Å². The molecular weight excluding hydrogens is 656 g/mol. The number of hydrogen-bond acceptors (Lipinski definition) is 15. The molecule has 19 nitrogen and oxygen atoms in total. The van der Waals surface area contributed by atoms with Crippen molar-refractivity contribution in [3.05, 3.63) is 35.3 Å². The second-order valence-corrected chi connectivity index (χ2v) is 14.2. The first-order valence-electron chi connectivity index (χ1n) is 13.6. The van der Waals surface area contributed by atoms with Crippen molar-refractivity contribution >= 4 is 60.7 Å². The van der Waals surface area contributed by atoms with Crippen LogP contribution in [0.5, 0.6) is 0 Å². The smallest absolute Gasteiger partial charge is 0.391 e. The number of nitrogens with one attached hydrogen (secondary N) is 1. The number of anilines is 2. The van der Waals surface area contributed by atoms with Gasteiger partial charge in [-0.25, -0.2) is 15.0 Å². The highest BCUT2D eigenvalue weighted by atomic mass is 32.5. The molecular formula is C23H30N9O10P2S+. The van der Waals surface area contributed by atoms with Crippen LogP contribution in [-0.2, 0) is 39.4 Å². The number of nitrogen functional groups attached to an aromatic ring is 2. The summed E-state index contributed by atoms with van der Waals surface area (Å²) in [5.74, 6) is -0.0106. The Kier molecular flexibility index (Phi) is 8.99. The fourth-order valence-electron chi connectivity index (χ4n) is 5.85. The molecule has 0 spiro atoms. The minimum absolute atomic E-state index is 0.000959. The molecule has 1 saturated carbocycles. The number of hydrogen-bond donors (Lipinski definition) is 6. The lowest BCUT2D eigenvalue weighted by Gasteiger charge is -2.19. The summed E-state index contributed by atoms with van der Waals surface area (Å²) in [6, 6.07) is 1.47. The van der Waals surface area contributed by atoms with Gasteiger partial charge < -0.3 is 44.9 Å². The molecule has 0 bridgehead atoms. The first-order valence-corrected chi connectivity index (χ1v) is 17.3. The Bertz CT molecular complexity index is 1830. The summed E-state index contributed by atoms with van der Waals surface area (Å²) in [7, 11) is -1.45. The Morgan fingerprint density at radius 2 is 1.98 bits per heavy atom. The van der Waals surface area contributed by atoms with Crippen LogP contribution in [0.4, 0.5) is 11.8 Å². The van der Waals surface area contributed by atoms with Gasteiger partial charge in [0.1, 0.15) is 36.6 Å². The van der Waals surface area contributed by atoms with E-state index in [1.165, 1.54) is 24.3 Å². The number of nitrogens with zero attached hydrogens (tertiary/aromatic N) is 6. The quantitative estimate of drug-likeness (QED) is 0.115. The second-order valence-electron chi connectivity index (χ2n) is 10.6. The Labute approximate surface area is 259 Å². The first kappa shape index (κ1) is 32.0. The molecule has 6 rings (SSSR count). The number of nitrogens with two attached hydrogens (primary N) is 2. The van der Waals surface area contributed by atoms with Crippen molar-refractivity contribution < 1.29 is 42.5 Å². The monoisotopic (exact) mass is 686 g/mol. The Balaban J connectivity index is 1.17. The normalized spacial score (nSPS) is 27.6. The van der Waals surface area contributed by atoms with Gasteiger partial charge in [-0.2, -0.15) is 4.98 Å². The summed E-state index contributed by atoms with van der Waals surface area (Å²) >= 11 is 4.55. The third-order valence-corrected chi connectivity index (χ3v) is 9.38. The van der Waals surface area contributed by atoms with E-state index in [1.54, 1.807) is 12.3 Å². The van der Waals surface area contributed by atoms with Crippen molar-refractivity contribution in [3.8, 4) is 0 Å². The van der Waals surface area contributed by atoms with E-state index >= 15 is 0 Å². The molecule has 5 heterocycles. The molecule has 0 amide bonds. The summed E-state index contributed by atoms with van der Waals surface area (Å²) in [4.78, 5) is 50.4. The van der Waals surface area contributed by atoms with Crippen LogP contribution < -0.4 is 17.0 Å². The van der Waals surface area contributed by atoms with Crippen molar-refractivity contribution in [2.24, 2.45) is 5.92 Å². The molecule has 242 valence electrons.